The summed E-state index contributed by atoms with van der Waals surface area (Å²) in [4.78, 5) is 0. The average Bonchev–Trinajstić information content (AvgIpc) is 2.52. The van der Waals surface area contributed by atoms with Crippen LogP contribution >= 0.6 is 0 Å². The third-order valence-electron chi connectivity index (χ3n) is 4.21. The van der Waals surface area contributed by atoms with E-state index in [4.69, 9.17) is 28.4 Å². The Hall–Kier alpha value is -1.02. The lowest BCUT2D eigenvalue weighted by molar-refractivity contribution is -0.535. The monoisotopic (exact) mass is 324 g/mol. The molecule has 0 amide bonds. The molecule has 3 saturated heterocycles. The van der Waals surface area contributed by atoms with Crippen molar-refractivity contribution in [3.8, 4) is 0 Å². The molecule has 6 heteroatoms. The third-order valence-corrected chi connectivity index (χ3v) is 4.21. The van der Waals surface area contributed by atoms with Crippen LogP contribution in [0.3, 0.4) is 0 Å². The first-order chi connectivity index (χ1) is 11.1. The first kappa shape index (κ1) is 16.8. The van der Waals surface area contributed by atoms with Gasteiger partial charge in [-0.25, -0.2) is 0 Å². The standard InChI is InChI=1S/C17H24O6/c1-5-8-18-11-14-12(19-9-6-2)16-13(20-10-7-3)15(11)22-17(4,21-14)23-16/h5-7,11-16H,1-3,8-10H2,4H3. The molecule has 0 atom stereocenters. The molecule has 4 rings (SSSR count). The van der Waals surface area contributed by atoms with Crippen LogP contribution in [0.1, 0.15) is 6.92 Å². The van der Waals surface area contributed by atoms with Crippen molar-refractivity contribution in [2.24, 2.45) is 0 Å². The van der Waals surface area contributed by atoms with E-state index in [9.17, 15) is 0 Å². The zero-order chi connectivity index (χ0) is 16.4. The molecule has 0 N–H and O–H groups in total. The van der Waals surface area contributed by atoms with Crippen molar-refractivity contribution in [1.82, 2.24) is 0 Å². The summed E-state index contributed by atoms with van der Waals surface area (Å²) in [5, 5.41) is 0. The topological polar surface area (TPSA) is 55.4 Å². The molecule has 1 aliphatic carbocycles. The first-order valence-corrected chi connectivity index (χ1v) is 7.84. The molecule has 1 saturated carbocycles. The van der Waals surface area contributed by atoms with Crippen molar-refractivity contribution >= 4 is 0 Å². The van der Waals surface area contributed by atoms with Gasteiger partial charge in [-0.3, -0.25) is 0 Å². The summed E-state index contributed by atoms with van der Waals surface area (Å²) in [5.41, 5.74) is 0. The number of hydrogen-bond donors (Lipinski definition) is 0. The summed E-state index contributed by atoms with van der Waals surface area (Å²) in [7, 11) is 0. The molecule has 23 heavy (non-hydrogen) atoms. The van der Waals surface area contributed by atoms with Gasteiger partial charge >= 0.3 is 0 Å². The van der Waals surface area contributed by atoms with Crippen LogP contribution in [0.25, 0.3) is 0 Å². The molecule has 0 aromatic carbocycles. The summed E-state index contributed by atoms with van der Waals surface area (Å²) in [6, 6.07) is 0. The van der Waals surface area contributed by atoms with Gasteiger partial charge in [-0.1, -0.05) is 18.2 Å². The van der Waals surface area contributed by atoms with Crippen molar-refractivity contribution in [3.05, 3.63) is 38.0 Å². The Bertz CT molecular complexity index is 387. The van der Waals surface area contributed by atoms with Crippen LogP contribution in [0.15, 0.2) is 38.0 Å². The SMILES string of the molecule is C=CCOC1C2OC3(C)OC1C(OCC=C)C(O3)C2OCC=C. The second-order valence-corrected chi connectivity index (χ2v) is 5.87. The highest BCUT2D eigenvalue weighted by atomic mass is 16.9. The van der Waals surface area contributed by atoms with E-state index in [-0.39, 0.29) is 36.6 Å². The van der Waals surface area contributed by atoms with Gasteiger partial charge < -0.3 is 28.4 Å². The highest BCUT2D eigenvalue weighted by Gasteiger charge is 2.67. The fourth-order valence-corrected chi connectivity index (χ4v) is 3.46. The molecule has 4 fully saturated rings. The molecule has 3 heterocycles. The van der Waals surface area contributed by atoms with E-state index in [1.165, 1.54) is 0 Å². The van der Waals surface area contributed by atoms with Gasteiger partial charge in [0.1, 0.15) is 36.6 Å². The van der Waals surface area contributed by atoms with E-state index in [0.29, 0.717) is 19.8 Å². The highest BCUT2D eigenvalue weighted by molar-refractivity contribution is 5.09. The lowest BCUT2D eigenvalue weighted by Gasteiger charge is -2.62. The second-order valence-electron chi connectivity index (χ2n) is 5.87. The Kier molecular flexibility index (Phi) is 5.01. The predicted octanol–water partition coefficient (Wildman–Crippen LogP) is 1.57. The summed E-state index contributed by atoms with van der Waals surface area (Å²) < 4.78 is 35.5. The molecular formula is C17H24O6. The lowest BCUT2D eigenvalue weighted by atomic mass is 9.81. The molecule has 4 aliphatic rings. The van der Waals surface area contributed by atoms with Crippen molar-refractivity contribution in [2.75, 3.05) is 19.8 Å². The zero-order valence-electron chi connectivity index (χ0n) is 13.4. The van der Waals surface area contributed by atoms with Crippen molar-refractivity contribution < 1.29 is 28.4 Å². The van der Waals surface area contributed by atoms with Crippen LogP contribution in [-0.2, 0) is 28.4 Å². The molecule has 128 valence electrons. The van der Waals surface area contributed by atoms with Gasteiger partial charge in [-0.15, -0.1) is 19.7 Å². The summed E-state index contributed by atoms with van der Waals surface area (Å²) in [5.74, 6) is -1.09. The summed E-state index contributed by atoms with van der Waals surface area (Å²) in [6.07, 6.45) is 3.28. The van der Waals surface area contributed by atoms with E-state index in [1.54, 1.807) is 25.2 Å². The van der Waals surface area contributed by atoms with Gasteiger partial charge in [-0.2, -0.15) is 0 Å². The maximum absolute atomic E-state index is 5.94. The van der Waals surface area contributed by atoms with E-state index in [2.05, 4.69) is 19.7 Å². The third kappa shape index (κ3) is 3.03. The van der Waals surface area contributed by atoms with Crippen LogP contribution in [0.4, 0.5) is 0 Å². The average molecular weight is 324 g/mol. The summed E-state index contributed by atoms with van der Waals surface area (Å²) in [6.45, 7) is 14.0. The molecule has 0 aromatic heterocycles. The molecular weight excluding hydrogens is 300 g/mol. The first-order valence-electron chi connectivity index (χ1n) is 7.84. The van der Waals surface area contributed by atoms with Crippen molar-refractivity contribution in [2.45, 2.75) is 49.5 Å². The van der Waals surface area contributed by atoms with Crippen molar-refractivity contribution in [3.63, 3.8) is 0 Å². The molecule has 0 spiro atoms. The Balaban J connectivity index is 1.86. The molecule has 0 radical (unpaired) electrons. The van der Waals surface area contributed by atoms with Gasteiger partial charge in [0.25, 0.3) is 5.97 Å². The number of rotatable bonds is 9. The number of ether oxygens (including phenoxy) is 6. The maximum Gasteiger partial charge on any atom is 0.281 e. The summed E-state index contributed by atoms with van der Waals surface area (Å²) >= 11 is 0. The maximum atomic E-state index is 5.94. The van der Waals surface area contributed by atoms with Gasteiger partial charge in [-0.05, 0) is 0 Å². The van der Waals surface area contributed by atoms with E-state index in [0.717, 1.165) is 0 Å². The smallest absolute Gasteiger partial charge is 0.281 e. The Morgan fingerprint density at radius 1 is 0.739 bits per heavy atom. The van der Waals surface area contributed by atoms with Crippen LogP contribution in [-0.4, -0.2) is 62.4 Å². The van der Waals surface area contributed by atoms with Gasteiger partial charge in [0, 0.05) is 6.92 Å². The second kappa shape index (κ2) is 6.84. The van der Waals surface area contributed by atoms with Gasteiger partial charge in [0.05, 0.1) is 19.8 Å². The molecule has 0 unspecified atom stereocenters. The van der Waals surface area contributed by atoms with Gasteiger partial charge in [0.2, 0.25) is 0 Å². The molecule has 6 nitrogen and oxygen atoms in total. The van der Waals surface area contributed by atoms with Crippen LogP contribution in [0.5, 0.6) is 0 Å². The largest absolute Gasteiger partial charge is 0.369 e. The minimum Gasteiger partial charge on any atom is -0.369 e. The van der Waals surface area contributed by atoms with Gasteiger partial charge in [0.15, 0.2) is 0 Å². The quantitative estimate of drug-likeness (QED) is 0.600. The lowest BCUT2D eigenvalue weighted by Crippen LogP contribution is -2.79. The Labute approximate surface area is 136 Å². The Morgan fingerprint density at radius 3 is 1.30 bits per heavy atom. The molecule has 4 bridgehead atoms. The zero-order valence-corrected chi connectivity index (χ0v) is 13.4. The van der Waals surface area contributed by atoms with E-state index in [1.807, 2.05) is 0 Å². The predicted molar refractivity (Wildman–Crippen MR) is 82.8 cm³/mol. The van der Waals surface area contributed by atoms with E-state index < -0.39 is 5.97 Å². The fourth-order valence-electron chi connectivity index (χ4n) is 3.46. The highest BCUT2D eigenvalue weighted by Crippen LogP contribution is 2.48. The van der Waals surface area contributed by atoms with Crippen LogP contribution < -0.4 is 0 Å². The van der Waals surface area contributed by atoms with Crippen molar-refractivity contribution in [1.29, 1.82) is 0 Å². The number of hydrogen-bond acceptors (Lipinski definition) is 6. The van der Waals surface area contributed by atoms with Crippen LogP contribution in [0, 0.1) is 0 Å². The van der Waals surface area contributed by atoms with Crippen LogP contribution in [0.2, 0.25) is 0 Å². The Morgan fingerprint density at radius 2 is 1.04 bits per heavy atom. The molecule has 0 aromatic rings. The minimum absolute atomic E-state index is 0.291. The normalized spacial score (nSPS) is 44.2. The fraction of sp³-hybridized carbons (Fsp3) is 0.647. The van der Waals surface area contributed by atoms with E-state index >= 15 is 0 Å². The minimum atomic E-state index is -1.09. The molecule has 3 aliphatic heterocycles.